The third-order valence-electron chi connectivity index (χ3n) is 5.69. The summed E-state index contributed by atoms with van der Waals surface area (Å²) in [5.74, 6) is -3.85. The molecule has 6 heteroatoms. The molecule has 2 aliphatic carbocycles. The molecule has 22 heavy (non-hydrogen) atoms. The van der Waals surface area contributed by atoms with Gasteiger partial charge in [-0.3, -0.25) is 9.59 Å². The van der Waals surface area contributed by atoms with E-state index in [4.69, 9.17) is 4.74 Å². The number of fused-ring (bicyclic) bond motifs is 1. The van der Waals surface area contributed by atoms with E-state index in [-0.39, 0.29) is 11.5 Å². The Hall–Kier alpha value is -1.85. The third kappa shape index (κ3) is 2.21. The summed E-state index contributed by atoms with van der Waals surface area (Å²) in [5, 5.41) is 19.1. The average Bonchev–Trinajstić information content (AvgIpc) is 2.44. The topological polar surface area (TPSA) is 101 Å². The van der Waals surface area contributed by atoms with Crippen molar-refractivity contribution in [3.05, 3.63) is 11.6 Å². The van der Waals surface area contributed by atoms with Gasteiger partial charge in [-0.15, -0.1) is 0 Å². The number of hydrogen-bond donors (Lipinski definition) is 2. The molecule has 122 valence electrons. The highest BCUT2D eigenvalue weighted by Gasteiger charge is 2.60. The van der Waals surface area contributed by atoms with Gasteiger partial charge in [-0.1, -0.05) is 19.4 Å². The van der Waals surface area contributed by atoms with Gasteiger partial charge >= 0.3 is 17.9 Å². The first-order valence-electron chi connectivity index (χ1n) is 7.43. The van der Waals surface area contributed by atoms with Crippen molar-refractivity contribution in [2.24, 2.45) is 22.7 Å². The summed E-state index contributed by atoms with van der Waals surface area (Å²) in [4.78, 5) is 35.5. The van der Waals surface area contributed by atoms with Crippen molar-refractivity contribution in [2.75, 3.05) is 7.11 Å². The predicted molar refractivity (Wildman–Crippen MR) is 77.0 cm³/mol. The van der Waals surface area contributed by atoms with E-state index in [9.17, 15) is 24.6 Å². The Balaban J connectivity index is 2.58. The number of carbonyl (C=O) groups excluding carboxylic acids is 1. The second-order valence-corrected chi connectivity index (χ2v) is 6.79. The zero-order chi connectivity index (χ0) is 16.7. The normalized spacial score (nSPS) is 37.7. The second kappa shape index (κ2) is 5.41. The van der Waals surface area contributed by atoms with E-state index >= 15 is 0 Å². The Morgan fingerprint density at radius 1 is 1.23 bits per heavy atom. The van der Waals surface area contributed by atoms with Gasteiger partial charge in [0, 0.05) is 5.57 Å². The van der Waals surface area contributed by atoms with Crippen LogP contribution in [-0.2, 0) is 19.1 Å². The summed E-state index contributed by atoms with van der Waals surface area (Å²) in [5.41, 5.74) is -1.65. The highest BCUT2D eigenvalue weighted by molar-refractivity contribution is 5.95. The van der Waals surface area contributed by atoms with E-state index in [0.29, 0.717) is 25.7 Å². The molecule has 0 radical (unpaired) electrons. The second-order valence-electron chi connectivity index (χ2n) is 6.79. The zero-order valence-corrected chi connectivity index (χ0v) is 13.1. The van der Waals surface area contributed by atoms with Crippen molar-refractivity contribution in [2.45, 2.75) is 39.5 Å². The molecule has 0 aromatic rings. The van der Waals surface area contributed by atoms with Crippen LogP contribution < -0.4 is 0 Å². The lowest BCUT2D eigenvalue weighted by Gasteiger charge is -2.54. The molecule has 1 saturated carbocycles. The molecule has 0 bridgehead atoms. The van der Waals surface area contributed by atoms with Crippen LogP contribution in [0.1, 0.15) is 39.5 Å². The van der Waals surface area contributed by atoms with Crippen molar-refractivity contribution in [3.8, 4) is 0 Å². The predicted octanol–water partition coefficient (Wildman–Crippen LogP) is 2.09. The number of methoxy groups -OCH3 is 1. The van der Waals surface area contributed by atoms with E-state index in [1.165, 1.54) is 13.2 Å². The highest BCUT2D eigenvalue weighted by Crippen LogP contribution is 2.60. The number of carboxylic acid groups (broad SMARTS) is 2. The Bertz CT molecular complexity index is 551. The molecule has 0 saturated heterocycles. The van der Waals surface area contributed by atoms with Crippen molar-refractivity contribution >= 4 is 17.9 Å². The van der Waals surface area contributed by atoms with Crippen LogP contribution in [-0.4, -0.2) is 35.2 Å². The first-order valence-corrected chi connectivity index (χ1v) is 7.43. The monoisotopic (exact) mass is 310 g/mol. The summed E-state index contributed by atoms with van der Waals surface area (Å²) in [7, 11) is 1.23. The lowest BCUT2D eigenvalue weighted by Crippen LogP contribution is -2.55. The van der Waals surface area contributed by atoms with E-state index in [0.717, 1.165) is 0 Å². The summed E-state index contributed by atoms with van der Waals surface area (Å²) in [6.45, 7) is 3.53. The lowest BCUT2D eigenvalue weighted by molar-refractivity contribution is -0.170. The number of ether oxygens (including phenoxy) is 1. The largest absolute Gasteiger partial charge is 0.481 e. The Labute approximate surface area is 129 Å². The van der Waals surface area contributed by atoms with Crippen LogP contribution in [0.4, 0.5) is 0 Å². The fourth-order valence-electron chi connectivity index (χ4n) is 4.49. The number of esters is 1. The Morgan fingerprint density at radius 3 is 2.36 bits per heavy atom. The van der Waals surface area contributed by atoms with E-state index in [1.54, 1.807) is 6.92 Å². The molecule has 0 aromatic heterocycles. The van der Waals surface area contributed by atoms with Gasteiger partial charge in [0.2, 0.25) is 0 Å². The minimum absolute atomic E-state index is 0.0280. The first-order chi connectivity index (χ1) is 10.2. The van der Waals surface area contributed by atoms with Crippen molar-refractivity contribution < 1.29 is 29.3 Å². The maximum Gasteiger partial charge on any atom is 0.332 e. The number of carboxylic acids is 2. The fraction of sp³-hybridized carbons (Fsp3) is 0.688. The van der Waals surface area contributed by atoms with Gasteiger partial charge in [-0.2, -0.15) is 0 Å². The van der Waals surface area contributed by atoms with Gasteiger partial charge < -0.3 is 14.9 Å². The quantitative estimate of drug-likeness (QED) is 0.774. The minimum Gasteiger partial charge on any atom is -0.481 e. The van der Waals surface area contributed by atoms with E-state index < -0.39 is 34.7 Å². The zero-order valence-electron chi connectivity index (χ0n) is 13.1. The maximum absolute atomic E-state index is 12.2. The number of rotatable bonds is 3. The van der Waals surface area contributed by atoms with Gasteiger partial charge in [-0.25, -0.2) is 4.79 Å². The summed E-state index contributed by atoms with van der Waals surface area (Å²) in [6.07, 6.45) is 3.66. The lowest BCUT2D eigenvalue weighted by atomic mass is 9.48. The summed E-state index contributed by atoms with van der Waals surface area (Å²) >= 11 is 0. The molecule has 6 nitrogen and oxygen atoms in total. The maximum atomic E-state index is 12.2. The summed E-state index contributed by atoms with van der Waals surface area (Å²) < 4.78 is 4.82. The molecule has 2 N–H and O–H groups in total. The molecular weight excluding hydrogens is 288 g/mol. The number of aliphatic carboxylic acids is 2. The van der Waals surface area contributed by atoms with Crippen LogP contribution in [0.25, 0.3) is 0 Å². The molecule has 1 fully saturated rings. The fourth-order valence-corrected chi connectivity index (χ4v) is 4.49. The van der Waals surface area contributed by atoms with Crippen LogP contribution in [0.5, 0.6) is 0 Å². The molecule has 4 atom stereocenters. The molecule has 2 aliphatic rings. The number of hydrogen-bond acceptors (Lipinski definition) is 4. The number of allylic oxidation sites excluding steroid dienone is 1. The molecule has 0 spiro atoms. The molecule has 0 heterocycles. The molecule has 0 aromatic carbocycles. The van der Waals surface area contributed by atoms with Crippen LogP contribution in [0.15, 0.2) is 11.6 Å². The average molecular weight is 310 g/mol. The van der Waals surface area contributed by atoms with Gasteiger partial charge in [0.1, 0.15) is 0 Å². The van der Waals surface area contributed by atoms with Gasteiger partial charge in [-0.05, 0) is 37.5 Å². The van der Waals surface area contributed by atoms with E-state index in [2.05, 4.69) is 0 Å². The highest BCUT2D eigenvalue weighted by atomic mass is 16.5. The van der Waals surface area contributed by atoms with Crippen molar-refractivity contribution in [1.82, 2.24) is 0 Å². The molecule has 2 rings (SSSR count). The van der Waals surface area contributed by atoms with Crippen LogP contribution in [0.2, 0.25) is 0 Å². The van der Waals surface area contributed by atoms with Gasteiger partial charge in [0.05, 0.1) is 18.4 Å². The first kappa shape index (κ1) is 16.5. The van der Waals surface area contributed by atoms with Crippen LogP contribution >= 0.6 is 0 Å². The molecule has 0 amide bonds. The SMILES string of the molecule is COC(=O)[C@H]1C(C(=O)O)=CC[C@@H]2[C@]1(C)CCC[C@@]2(C)C(=O)O. The molecule has 0 aliphatic heterocycles. The summed E-state index contributed by atoms with van der Waals surface area (Å²) in [6, 6.07) is 0. The van der Waals surface area contributed by atoms with Crippen molar-refractivity contribution in [3.63, 3.8) is 0 Å². The third-order valence-corrected chi connectivity index (χ3v) is 5.69. The van der Waals surface area contributed by atoms with Crippen LogP contribution in [0, 0.1) is 22.7 Å². The van der Waals surface area contributed by atoms with Crippen LogP contribution in [0.3, 0.4) is 0 Å². The Kier molecular flexibility index (Phi) is 4.06. The smallest absolute Gasteiger partial charge is 0.332 e. The van der Waals surface area contributed by atoms with E-state index in [1.807, 2.05) is 6.92 Å². The number of carbonyl (C=O) groups is 3. The minimum atomic E-state index is -1.14. The molecule has 0 unspecified atom stereocenters. The van der Waals surface area contributed by atoms with Crippen molar-refractivity contribution in [1.29, 1.82) is 0 Å². The molecular formula is C16H22O6. The van der Waals surface area contributed by atoms with Gasteiger partial charge in [0.15, 0.2) is 0 Å². The van der Waals surface area contributed by atoms with Gasteiger partial charge in [0.25, 0.3) is 0 Å². The standard InChI is InChI=1S/C16H22O6/c1-15-7-4-8-16(2,14(20)21)10(15)6-5-9(12(17)18)11(15)13(19)22-3/h5,10-11H,4,6-8H2,1-3H3,(H,17,18)(H,20,21)/t10-,11-,15+,16-/m1/s1. The Morgan fingerprint density at radius 2 is 1.86 bits per heavy atom.